The third kappa shape index (κ3) is 3.13. The van der Waals surface area contributed by atoms with Crippen LogP contribution >= 0.6 is 0 Å². The number of hydrogen-bond donors (Lipinski definition) is 2. The summed E-state index contributed by atoms with van der Waals surface area (Å²) in [6.45, 7) is 5.92. The molecular weight excluding hydrogens is 312 g/mol. The molecule has 6 heteroatoms. The lowest BCUT2D eigenvalue weighted by molar-refractivity contribution is -0.117. The highest BCUT2D eigenvalue weighted by Crippen LogP contribution is 2.36. The Morgan fingerprint density at radius 3 is 2.43 bits per heavy atom. The van der Waals surface area contributed by atoms with Crippen molar-refractivity contribution in [2.75, 3.05) is 11.6 Å². The summed E-state index contributed by atoms with van der Waals surface area (Å²) >= 11 is 0. The lowest BCUT2D eigenvalue weighted by Crippen LogP contribution is -2.16. The van der Waals surface area contributed by atoms with Gasteiger partial charge in [0.25, 0.3) is 0 Å². The molecule has 1 aliphatic carbocycles. The van der Waals surface area contributed by atoms with Gasteiger partial charge in [0.15, 0.2) is 9.84 Å². The highest BCUT2D eigenvalue weighted by molar-refractivity contribution is 7.91. The van der Waals surface area contributed by atoms with Crippen LogP contribution in [0, 0.1) is 5.92 Å². The van der Waals surface area contributed by atoms with E-state index in [1.54, 1.807) is 12.1 Å². The molecule has 0 atom stereocenters. The number of aromatic nitrogens is 1. The van der Waals surface area contributed by atoms with Crippen molar-refractivity contribution < 1.29 is 13.2 Å². The van der Waals surface area contributed by atoms with Gasteiger partial charge in [-0.25, -0.2) is 8.42 Å². The fourth-order valence-corrected chi connectivity index (χ4v) is 4.04. The van der Waals surface area contributed by atoms with Gasteiger partial charge in [0.05, 0.1) is 4.90 Å². The van der Waals surface area contributed by atoms with Crippen molar-refractivity contribution in [3.8, 4) is 0 Å². The molecule has 0 unspecified atom stereocenters. The van der Waals surface area contributed by atoms with E-state index in [-0.39, 0.29) is 17.2 Å². The van der Waals surface area contributed by atoms with Gasteiger partial charge in [-0.3, -0.25) is 4.79 Å². The average Bonchev–Trinajstić information content (AvgIpc) is 3.16. The van der Waals surface area contributed by atoms with E-state index in [9.17, 15) is 13.2 Å². The average molecular weight is 334 g/mol. The Morgan fingerprint density at radius 2 is 1.91 bits per heavy atom. The largest absolute Gasteiger partial charge is 0.357 e. The first-order valence-corrected chi connectivity index (χ1v) is 9.63. The van der Waals surface area contributed by atoms with Gasteiger partial charge in [-0.05, 0) is 31.0 Å². The molecule has 2 aromatic rings. The molecule has 1 aromatic carbocycles. The van der Waals surface area contributed by atoms with Crippen LogP contribution in [-0.2, 0) is 20.0 Å². The summed E-state index contributed by atoms with van der Waals surface area (Å²) in [6.07, 6.45) is 3.09. The van der Waals surface area contributed by atoms with Crippen LogP contribution in [-0.4, -0.2) is 25.6 Å². The lowest BCUT2D eigenvalue weighted by Gasteiger charge is -2.18. The van der Waals surface area contributed by atoms with Gasteiger partial charge < -0.3 is 10.3 Å². The third-order valence-corrected chi connectivity index (χ3v) is 5.25. The highest BCUT2D eigenvalue weighted by atomic mass is 32.2. The minimum Gasteiger partial charge on any atom is -0.357 e. The number of rotatable bonds is 3. The third-order valence-electron chi connectivity index (χ3n) is 4.09. The first-order chi connectivity index (χ1) is 10.6. The Hall–Kier alpha value is -1.82. The zero-order valence-corrected chi connectivity index (χ0v) is 14.7. The number of aromatic amines is 1. The predicted molar refractivity (Wildman–Crippen MR) is 91.5 cm³/mol. The van der Waals surface area contributed by atoms with E-state index in [0.29, 0.717) is 21.7 Å². The van der Waals surface area contributed by atoms with Crippen molar-refractivity contribution >= 4 is 32.3 Å². The molecule has 124 valence electrons. The van der Waals surface area contributed by atoms with E-state index in [2.05, 4.69) is 10.3 Å². The minimum absolute atomic E-state index is 0.0110. The summed E-state index contributed by atoms with van der Waals surface area (Å²) in [6, 6.07) is 5.37. The molecule has 0 radical (unpaired) electrons. The monoisotopic (exact) mass is 334 g/mol. The van der Waals surface area contributed by atoms with Crippen molar-refractivity contribution in [1.29, 1.82) is 0 Å². The van der Waals surface area contributed by atoms with Crippen LogP contribution in [0.2, 0.25) is 0 Å². The smallest absolute Gasteiger partial charge is 0.227 e. The van der Waals surface area contributed by atoms with Gasteiger partial charge in [0, 0.05) is 39.9 Å². The Kier molecular flexibility index (Phi) is 3.55. The predicted octanol–water partition coefficient (Wildman–Crippen LogP) is 3.22. The molecule has 1 heterocycles. The summed E-state index contributed by atoms with van der Waals surface area (Å²) in [5.41, 5.74) is 1.77. The number of carbonyl (C=O) groups is 1. The molecule has 5 nitrogen and oxygen atoms in total. The molecule has 0 bridgehead atoms. The van der Waals surface area contributed by atoms with Crippen LogP contribution in [0.1, 0.15) is 39.3 Å². The van der Waals surface area contributed by atoms with Crippen molar-refractivity contribution in [2.45, 2.75) is 43.9 Å². The first kappa shape index (κ1) is 16.1. The number of sulfone groups is 1. The van der Waals surface area contributed by atoms with E-state index in [1.807, 2.05) is 26.8 Å². The second-order valence-electron chi connectivity index (χ2n) is 7.38. The maximum atomic E-state index is 12.3. The van der Waals surface area contributed by atoms with Crippen molar-refractivity contribution in [3.05, 3.63) is 23.9 Å². The Bertz CT molecular complexity index is 884. The van der Waals surface area contributed by atoms with E-state index in [0.717, 1.165) is 18.4 Å². The number of amides is 1. The number of fused-ring (bicyclic) bond motifs is 1. The molecule has 1 amide bonds. The number of H-pyrrole nitrogens is 1. The summed E-state index contributed by atoms with van der Waals surface area (Å²) in [5.74, 6) is 0.119. The summed E-state index contributed by atoms with van der Waals surface area (Å²) in [5, 5.41) is 3.51. The number of carbonyl (C=O) groups excluding carboxylic acids is 1. The van der Waals surface area contributed by atoms with Gasteiger partial charge in [-0.1, -0.05) is 20.8 Å². The number of benzene rings is 1. The molecule has 1 fully saturated rings. The molecule has 3 rings (SSSR count). The second kappa shape index (κ2) is 5.09. The SMILES string of the molecule is CC(C)(C)c1[nH]c2ccc(NC(=O)C3CC3)cc2c1S(C)(=O)=O. The molecule has 0 saturated heterocycles. The van der Waals surface area contributed by atoms with Gasteiger partial charge in [0.2, 0.25) is 5.91 Å². The van der Waals surface area contributed by atoms with Crippen LogP contribution < -0.4 is 5.32 Å². The Labute approximate surface area is 136 Å². The summed E-state index contributed by atoms with van der Waals surface area (Å²) < 4.78 is 24.6. The molecule has 0 spiro atoms. The highest BCUT2D eigenvalue weighted by Gasteiger charge is 2.30. The summed E-state index contributed by atoms with van der Waals surface area (Å²) in [7, 11) is -3.39. The van der Waals surface area contributed by atoms with Crippen LogP contribution in [0.3, 0.4) is 0 Å². The van der Waals surface area contributed by atoms with Crippen LogP contribution in [0.25, 0.3) is 10.9 Å². The lowest BCUT2D eigenvalue weighted by atomic mass is 9.92. The van der Waals surface area contributed by atoms with Gasteiger partial charge in [-0.15, -0.1) is 0 Å². The van der Waals surface area contributed by atoms with E-state index >= 15 is 0 Å². The number of hydrogen-bond acceptors (Lipinski definition) is 3. The minimum atomic E-state index is -3.39. The molecule has 1 aliphatic rings. The molecule has 2 N–H and O–H groups in total. The fraction of sp³-hybridized carbons (Fsp3) is 0.471. The number of anilines is 1. The van der Waals surface area contributed by atoms with E-state index < -0.39 is 9.84 Å². The Morgan fingerprint density at radius 1 is 1.26 bits per heavy atom. The van der Waals surface area contributed by atoms with E-state index in [1.165, 1.54) is 6.26 Å². The van der Waals surface area contributed by atoms with Crippen LogP contribution in [0.5, 0.6) is 0 Å². The first-order valence-electron chi connectivity index (χ1n) is 7.74. The topological polar surface area (TPSA) is 79.0 Å². The van der Waals surface area contributed by atoms with Crippen LogP contribution in [0.15, 0.2) is 23.1 Å². The zero-order valence-electron chi connectivity index (χ0n) is 13.9. The molecule has 1 aromatic heterocycles. The molecule has 0 aliphatic heterocycles. The molecule has 1 saturated carbocycles. The van der Waals surface area contributed by atoms with Crippen molar-refractivity contribution in [3.63, 3.8) is 0 Å². The summed E-state index contributed by atoms with van der Waals surface area (Å²) in [4.78, 5) is 15.5. The maximum Gasteiger partial charge on any atom is 0.227 e. The van der Waals surface area contributed by atoms with E-state index in [4.69, 9.17) is 0 Å². The standard InChI is InChI=1S/C17H22N2O3S/c1-17(2,3)15-14(23(4,21)22)12-9-11(7-8-13(12)19-15)18-16(20)10-5-6-10/h7-10,19H,5-6H2,1-4H3,(H,18,20). The van der Waals surface area contributed by atoms with Gasteiger partial charge in [-0.2, -0.15) is 0 Å². The van der Waals surface area contributed by atoms with Gasteiger partial charge in [0.1, 0.15) is 0 Å². The quantitative estimate of drug-likeness (QED) is 0.904. The maximum absolute atomic E-state index is 12.3. The molecule has 23 heavy (non-hydrogen) atoms. The van der Waals surface area contributed by atoms with Gasteiger partial charge >= 0.3 is 0 Å². The Balaban J connectivity index is 2.15. The second-order valence-corrected chi connectivity index (χ2v) is 9.33. The van der Waals surface area contributed by atoms with Crippen LogP contribution in [0.4, 0.5) is 5.69 Å². The molecular formula is C17H22N2O3S. The number of nitrogens with one attached hydrogen (secondary N) is 2. The van der Waals surface area contributed by atoms with Crippen molar-refractivity contribution in [1.82, 2.24) is 4.98 Å². The normalized spacial score (nSPS) is 15.8. The fourth-order valence-electron chi connectivity index (χ4n) is 2.75. The van der Waals surface area contributed by atoms with Crippen molar-refractivity contribution in [2.24, 2.45) is 5.92 Å². The zero-order chi connectivity index (χ0) is 17.0.